The molecular formula is C10H15N3O2. The first-order valence-electron chi connectivity index (χ1n) is 4.97. The van der Waals surface area contributed by atoms with Crippen molar-refractivity contribution in [3.63, 3.8) is 0 Å². The van der Waals surface area contributed by atoms with Gasteiger partial charge in [-0.2, -0.15) is 0 Å². The number of carbonyl (C=O) groups is 1. The van der Waals surface area contributed by atoms with E-state index in [9.17, 15) is 4.79 Å². The number of methoxy groups -OCH3 is 1. The van der Waals surface area contributed by atoms with Crippen molar-refractivity contribution in [2.24, 2.45) is 7.05 Å². The van der Waals surface area contributed by atoms with Crippen molar-refractivity contribution in [2.45, 2.75) is 19.9 Å². The van der Waals surface area contributed by atoms with Crippen molar-refractivity contribution in [1.82, 2.24) is 14.5 Å². The fraction of sp³-hybridized carbons (Fsp3) is 0.600. The molecule has 15 heavy (non-hydrogen) atoms. The highest BCUT2D eigenvalue weighted by Crippen LogP contribution is 2.19. The maximum Gasteiger partial charge on any atom is 0.409 e. The Kier molecular flexibility index (Phi) is 2.38. The number of fused-ring (bicyclic) bond motifs is 1. The van der Waals surface area contributed by atoms with Crippen LogP contribution in [0.25, 0.3) is 0 Å². The quantitative estimate of drug-likeness (QED) is 0.636. The minimum absolute atomic E-state index is 0.274. The minimum Gasteiger partial charge on any atom is -0.453 e. The largest absolute Gasteiger partial charge is 0.453 e. The molecule has 0 bridgehead atoms. The number of imidazole rings is 1. The predicted molar refractivity (Wildman–Crippen MR) is 54.5 cm³/mol. The molecule has 82 valence electrons. The van der Waals surface area contributed by atoms with Crippen LogP contribution in [0, 0.1) is 6.92 Å². The first-order chi connectivity index (χ1) is 7.13. The van der Waals surface area contributed by atoms with Gasteiger partial charge in [0.25, 0.3) is 0 Å². The molecule has 5 heteroatoms. The second-order valence-electron chi connectivity index (χ2n) is 3.75. The average Bonchev–Trinajstić information content (AvgIpc) is 2.53. The summed E-state index contributed by atoms with van der Waals surface area (Å²) < 4.78 is 6.78. The maximum atomic E-state index is 11.3. The van der Waals surface area contributed by atoms with Crippen molar-refractivity contribution in [3.05, 3.63) is 17.2 Å². The van der Waals surface area contributed by atoms with Crippen molar-refractivity contribution < 1.29 is 9.53 Å². The summed E-state index contributed by atoms with van der Waals surface area (Å²) >= 11 is 0. The van der Waals surface area contributed by atoms with Gasteiger partial charge in [0.15, 0.2) is 0 Å². The van der Waals surface area contributed by atoms with E-state index in [1.54, 1.807) is 4.90 Å². The molecule has 0 fully saturated rings. The van der Waals surface area contributed by atoms with Crippen LogP contribution >= 0.6 is 0 Å². The van der Waals surface area contributed by atoms with Gasteiger partial charge in [-0.05, 0) is 6.92 Å². The summed E-state index contributed by atoms with van der Waals surface area (Å²) in [4.78, 5) is 17.4. The summed E-state index contributed by atoms with van der Waals surface area (Å²) in [6.45, 7) is 3.24. The third kappa shape index (κ3) is 1.58. The fourth-order valence-electron chi connectivity index (χ4n) is 1.95. The monoisotopic (exact) mass is 209 g/mol. The number of aromatic nitrogens is 2. The van der Waals surface area contributed by atoms with Crippen LogP contribution in [0.1, 0.15) is 17.2 Å². The lowest BCUT2D eigenvalue weighted by Gasteiger charge is -2.25. The Morgan fingerprint density at radius 1 is 1.53 bits per heavy atom. The van der Waals surface area contributed by atoms with E-state index in [0.29, 0.717) is 13.1 Å². The SMILES string of the molecule is COC(=O)N1CCc2c(nc(C)n2C)C1. The Balaban J connectivity index is 2.24. The molecule has 1 aromatic heterocycles. The minimum atomic E-state index is -0.274. The number of rotatable bonds is 0. The van der Waals surface area contributed by atoms with E-state index in [-0.39, 0.29) is 6.09 Å². The molecule has 5 nitrogen and oxygen atoms in total. The van der Waals surface area contributed by atoms with Gasteiger partial charge in [-0.15, -0.1) is 0 Å². The maximum absolute atomic E-state index is 11.3. The van der Waals surface area contributed by atoms with Gasteiger partial charge in [-0.3, -0.25) is 0 Å². The zero-order valence-electron chi connectivity index (χ0n) is 9.28. The summed E-state index contributed by atoms with van der Waals surface area (Å²) in [5.74, 6) is 0.992. The van der Waals surface area contributed by atoms with E-state index in [1.807, 2.05) is 14.0 Å². The molecule has 0 spiro atoms. The van der Waals surface area contributed by atoms with E-state index in [1.165, 1.54) is 12.8 Å². The lowest BCUT2D eigenvalue weighted by Crippen LogP contribution is -2.36. The van der Waals surface area contributed by atoms with E-state index in [2.05, 4.69) is 9.55 Å². The smallest absolute Gasteiger partial charge is 0.409 e. The van der Waals surface area contributed by atoms with E-state index in [0.717, 1.165) is 17.9 Å². The molecule has 0 N–H and O–H groups in total. The molecule has 2 rings (SSSR count). The van der Waals surface area contributed by atoms with Gasteiger partial charge in [0, 0.05) is 25.7 Å². The zero-order chi connectivity index (χ0) is 11.0. The molecule has 0 aromatic carbocycles. The topological polar surface area (TPSA) is 47.4 Å². The molecule has 1 aromatic rings. The third-order valence-corrected chi connectivity index (χ3v) is 2.91. The van der Waals surface area contributed by atoms with Crippen LogP contribution in [0.4, 0.5) is 4.79 Å². The predicted octanol–water partition coefficient (Wildman–Crippen LogP) is 0.853. The second kappa shape index (κ2) is 3.56. The van der Waals surface area contributed by atoms with Crippen LogP contribution in [0.5, 0.6) is 0 Å². The molecule has 2 heterocycles. The van der Waals surface area contributed by atoms with Crippen LogP contribution in [0.3, 0.4) is 0 Å². The summed E-state index contributed by atoms with van der Waals surface area (Å²) in [6.07, 6.45) is 0.575. The molecule has 0 radical (unpaired) electrons. The molecule has 0 saturated heterocycles. The zero-order valence-corrected chi connectivity index (χ0v) is 9.28. The number of hydrogen-bond acceptors (Lipinski definition) is 3. The van der Waals surface area contributed by atoms with E-state index < -0.39 is 0 Å². The summed E-state index contributed by atoms with van der Waals surface area (Å²) in [6, 6.07) is 0. The Morgan fingerprint density at radius 3 is 2.93 bits per heavy atom. The molecule has 0 saturated carbocycles. The van der Waals surface area contributed by atoms with Gasteiger partial charge >= 0.3 is 6.09 Å². The second-order valence-corrected chi connectivity index (χ2v) is 3.75. The number of amides is 1. The van der Waals surface area contributed by atoms with Gasteiger partial charge in [0.1, 0.15) is 5.82 Å². The molecule has 1 aliphatic rings. The normalized spacial score (nSPS) is 15.0. The number of hydrogen-bond donors (Lipinski definition) is 0. The molecule has 1 amide bonds. The summed E-state index contributed by atoms with van der Waals surface area (Å²) in [7, 11) is 3.41. The lowest BCUT2D eigenvalue weighted by atomic mass is 10.1. The van der Waals surface area contributed by atoms with Gasteiger partial charge in [-0.25, -0.2) is 9.78 Å². The van der Waals surface area contributed by atoms with Crippen molar-refractivity contribution >= 4 is 6.09 Å². The van der Waals surface area contributed by atoms with Crippen LogP contribution < -0.4 is 0 Å². The molecule has 0 aliphatic carbocycles. The van der Waals surface area contributed by atoms with Crippen molar-refractivity contribution in [3.8, 4) is 0 Å². The van der Waals surface area contributed by atoms with Crippen molar-refractivity contribution in [2.75, 3.05) is 13.7 Å². The first-order valence-corrected chi connectivity index (χ1v) is 4.97. The van der Waals surface area contributed by atoms with Crippen LogP contribution in [-0.2, 0) is 24.8 Å². The van der Waals surface area contributed by atoms with Gasteiger partial charge in [0.2, 0.25) is 0 Å². The molecule has 0 atom stereocenters. The summed E-state index contributed by atoms with van der Waals surface area (Å²) in [5.41, 5.74) is 2.22. The highest BCUT2D eigenvalue weighted by Gasteiger charge is 2.24. The van der Waals surface area contributed by atoms with Crippen molar-refractivity contribution in [1.29, 1.82) is 0 Å². The molecule has 1 aliphatic heterocycles. The van der Waals surface area contributed by atoms with Gasteiger partial charge in [0.05, 0.1) is 19.3 Å². The Labute approximate surface area is 88.7 Å². The van der Waals surface area contributed by atoms with Crippen LogP contribution in [-0.4, -0.2) is 34.2 Å². The highest BCUT2D eigenvalue weighted by molar-refractivity contribution is 5.67. The Bertz CT molecular complexity index is 398. The van der Waals surface area contributed by atoms with Crippen LogP contribution in [0.2, 0.25) is 0 Å². The standard InChI is InChI=1S/C10H15N3O2/c1-7-11-8-6-13(10(14)15-3)5-4-9(8)12(7)2/h4-6H2,1-3H3. The fourth-order valence-corrected chi connectivity index (χ4v) is 1.95. The van der Waals surface area contributed by atoms with Gasteiger partial charge in [-0.1, -0.05) is 0 Å². The number of carbonyl (C=O) groups excluding carboxylic acids is 1. The average molecular weight is 209 g/mol. The third-order valence-electron chi connectivity index (χ3n) is 2.91. The molecule has 0 unspecified atom stereocenters. The van der Waals surface area contributed by atoms with Crippen LogP contribution in [0.15, 0.2) is 0 Å². The first kappa shape index (κ1) is 10.0. The number of aryl methyl sites for hydroxylation is 1. The van der Waals surface area contributed by atoms with E-state index >= 15 is 0 Å². The van der Waals surface area contributed by atoms with Gasteiger partial charge < -0.3 is 14.2 Å². The Hall–Kier alpha value is -1.52. The molecular weight excluding hydrogens is 194 g/mol. The number of nitrogens with zero attached hydrogens (tertiary/aromatic N) is 3. The Morgan fingerprint density at radius 2 is 2.27 bits per heavy atom. The number of ether oxygens (including phenoxy) is 1. The van der Waals surface area contributed by atoms with E-state index in [4.69, 9.17) is 4.74 Å². The lowest BCUT2D eigenvalue weighted by molar-refractivity contribution is 0.117. The highest BCUT2D eigenvalue weighted by atomic mass is 16.5. The summed E-state index contributed by atoms with van der Waals surface area (Å²) in [5, 5.41) is 0.